The number of rotatable bonds is 3. The predicted octanol–water partition coefficient (Wildman–Crippen LogP) is 3.31. The van der Waals surface area contributed by atoms with Crippen LogP contribution in [0.3, 0.4) is 0 Å². The number of hydrogen-bond donors (Lipinski definition) is 0. The molecule has 0 radical (unpaired) electrons. The molecule has 116 valence electrons. The Labute approximate surface area is 131 Å². The van der Waals surface area contributed by atoms with Gasteiger partial charge in [-0.05, 0) is 32.8 Å². The number of carbonyl (C=O) groups excluding carboxylic acids is 1. The van der Waals surface area contributed by atoms with E-state index < -0.39 is 0 Å². The Morgan fingerprint density at radius 1 is 1.27 bits per heavy atom. The van der Waals surface area contributed by atoms with Crippen molar-refractivity contribution >= 4 is 5.91 Å². The molecular formula is C18H23N3O. The molecule has 0 spiro atoms. The SMILES string of the molecule is CCn1cc(C(=O)N2C(C)CC(c3ccccc3)C2C)cn1. The molecule has 1 saturated heterocycles. The van der Waals surface area contributed by atoms with Crippen LogP contribution in [0.1, 0.15) is 49.0 Å². The van der Waals surface area contributed by atoms with Gasteiger partial charge in [-0.3, -0.25) is 9.48 Å². The molecular weight excluding hydrogens is 274 g/mol. The van der Waals surface area contributed by atoms with E-state index in [9.17, 15) is 4.79 Å². The van der Waals surface area contributed by atoms with Crippen molar-refractivity contribution in [2.75, 3.05) is 0 Å². The van der Waals surface area contributed by atoms with E-state index in [1.807, 2.05) is 24.1 Å². The largest absolute Gasteiger partial charge is 0.333 e. The lowest BCUT2D eigenvalue weighted by atomic mass is 9.92. The van der Waals surface area contributed by atoms with Gasteiger partial charge < -0.3 is 4.90 Å². The van der Waals surface area contributed by atoms with E-state index in [-0.39, 0.29) is 18.0 Å². The lowest BCUT2D eigenvalue weighted by Gasteiger charge is -2.27. The molecule has 1 aromatic heterocycles. The Kier molecular flexibility index (Phi) is 4.01. The predicted molar refractivity (Wildman–Crippen MR) is 86.8 cm³/mol. The van der Waals surface area contributed by atoms with Gasteiger partial charge in [0, 0.05) is 30.7 Å². The summed E-state index contributed by atoms with van der Waals surface area (Å²) in [5, 5.41) is 4.22. The average molecular weight is 297 g/mol. The minimum atomic E-state index is 0.0955. The van der Waals surface area contributed by atoms with Crippen LogP contribution < -0.4 is 0 Å². The van der Waals surface area contributed by atoms with Crippen LogP contribution in [0.15, 0.2) is 42.7 Å². The molecule has 1 aliphatic rings. The van der Waals surface area contributed by atoms with Gasteiger partial charge in [0.2, 0.25) is 0 Å². The van der Waals surface area contributed by atoms with Gasteiger partial charge in [-0.15, -0.1) is 0 Å². The van der Waals surface area contributed by atoms with E-state index in [4.69, 9.17) is 0 Å². The molecule has 2 aromatic rings. The highest BCUT2D eigenvalue weighted by molar-refractivity contribution is 5.94. The van der Waals surface area contributed by atoms with Crippen LogP contribution >= 0.6 is 0 Å². The first kappa shape index (κ1) is 14.8. The van der Waals surface area contributed by atoms with Gasteiger partial charge in [-0.2, -0.15) is 5.10 Å². The van der Waals surface area contributed by atoms with Crippen LogP contribution in [-0.4, -0.2) is 32.7 Å². The van der Waals surface area contributed by atoms with Crippen molar-refractivity contribution in [2.45, 2.75) is 51.7 Å². The molecule has 3 rings (SSSR count). The topological polar surface area (TPSA) is 38.1 Å². The van der Waals surface area contributed by atoms with E-state index in [0.717, 1.165) is 13.0 Å². The van der Waals surface area contributed by atoms with Gasteiger partial charge in [-0.1, -0.05) is 30.3 Å². The van der Waals surface area contributed by atoms with Gasteiger partial charge in [0.05, 0.1) is 11.8 Å². The maximum Gasteiger partial charge on any atom is 0.257 e. The molecule has 3 atom stereocenters. The summed E-state index contributed by atoms with van der Waals surface area (Å²) in [6.45, 7) is 7.10. The second kappa shape index (κ2) is 5.95. The summed E-state index contributed by atoms with van der Waals surface area (Å²) >= 11 is 0. The normalized spacial score (nSPS) is 24.7. The van der Waals surface area contributed by atoms with Gasteiger partial charge in [0.25, 0.3) is 5.91 Å². The van der Waals surface area contributed by atoms with Crippen LogP contribution in [0.25, 0.3) is 0 Å². The van der Waals surface area contributed by atoms with Gasteiger partial charge in [0.15, 0.2) is 0 Å². The molecule has 0 bridgehead atoms. The zero-order chi connectivity index (χ0) is 15.7. The molecule has 1 aromatic carbocycles. The molecule has 1 aliphatic heterocycles. The first-order valence-corrected chi connectivity index (χ1v) is 8.02. The summed E-state index contributed by atoms with van der Waals surface area (Å²) in [6, 6.07) is 11.0. The van der Waals surface area contributed by atoms with Crippen molar-refractivity contribution in [2.24, 2.45) is 0 Å². The monoisotopic (exact) mass is 297 g/mol. The quantitative estimate of drug-likeness (QED) is 0.871. The van der Waals surface area contributed by atoms with Crippen LogP contribution in [0.4, 0.5) is 0 Å². The zero-order valence-electron chi connectivity index (χ0n) is 13.4. The molecule has 4 nitrogen and oxygen atoms in total. The Hall–Kier alpha value is -2.10. The lowest BCUT2D eigenvalue weighted by molar-refractivity contribution is 0.0688. The number of carbonyl (C=O) groups is 1. The molecule has 0 saturated carbocycles. The van der Waals surface area contributed by atoms with Crippen LogP contribution in [0.5, 0.6) is 0 Å². The first-order valence-electron chi connectivity index (χ1n) is 8.02. The highest BCUT2D eigenvalue weighted by Crippen LogP contribution is 2.37. The summed E-state index contributed by atoms with van der Waals surface area (Å²) in [4.78, 5) is 14.9. The van der Waals surface area contributed by atoms with Gasteiger partial charge in [0.1, 0.15) is 0 Å². The van der Waals surface area contributed by atoms with Crippen molar-refractivity contribution in [3.05, 3.63) is 53.9 Å². The van der Waals surface area contributed by atoms with E-state index in [1.165, 1.54) is 5.56 Å². The number of aromatic nitrogens is 2. The van der Waals surface area contributed by atoms with E-state index in [1.54, 1.807) is 10.9 Å². The van der Waals surface area contributed by atoms with Crippen molar-refractivity contribution in [1.82, 2.24) is 14.7 Å². The number of nitrogens with zero attached hydrogens (tertiary/aromatic N) is 3. The standard InChI is InChI=1S/C18H23N3O/c1-4-20-12-16(11-19-20)18(22)21-13(2)10-17(14(21)3)15-8-6-5-7-9-15/h5-9,11-14,17H,4,10H2,1-3H3. The van der Waals surface area contributed by atoms with Crippen molar-refractivity contribution in [3.63, 3.8) is 0 Å². The minimum absolute atomic E-state index is 0.0955. The maximum atomic E-state index is 12.8. The molecule has 4 heteroatoms. The van der Waals surface area contributed by atoms with Crippen LogP contribution in [0, 0.1) is 0 Å². The Balaban J connectivity index is 1.83. The first-order chi connectivity index (χ1) is 10.6. The summed E-state index contributed by atoms with van der Waals surface area (Å²) < 4.78 is 1.80. The molecule has 1 amide bonds. The smallest absolute Gasteiger partial charge is 0.257 e. The number of amides is 1. The fraction of sp³-hybridized carbons (Fsp3) is 0.444. The molecule has 22 heavy (non-hydrogen) atoms. The number of benzene rings is 1. The number of aryl methyl sites for hydroxylation is 1. The van der Waals surface area contributed by atoms with E-state index in [0.29, 0.717) is 11.5 Å². The lowest BCUT2D eigenvalue weighted by Crippen LogP contribution is -2.39. The van der Waals surface area contributed by atoms with Gasteiger partial charge >= 0.3 is 0 Å². The summed E-state index contributed by atoms with van der Waals surface area (Å²) in [6.07, 6.45) is 4.54. The third kappa shape index (κ3) is 2.54. The van der Waals surface area contributed by atoms with Crippen LogP contribution in [0.2, 0.25) is 0 Å². The molecule has 2 heterocycles. The zero-order valence-corrected chi connectivity index (χ0v) is 13.4. The van der Waals surface area contributed by atoms with Crippen molar-refractivity contribution in [3.8, 4) is 0 Å². The second-order valence-electron chi connectivity index (χ2n) is 6.14. The minimum Gasteiger partial charge on any atom is -0.333 e. The van der Waals surface area contributed by atoms with E-state index in [2.05, 4.69) is 43.2 Å². The summed E-state index contributed by atoms with van der Waals surface area (Å²) in [5.74, 6) is 0.500. The molecule has 0 N–H and O–H groups in total. The Morgan fingerprint density at radius 3 is 2.64 bits per heavy atom. The maximum absolute atomic E-state index is 12.8. The Morgan fingerprint density at radius 2 is 2.00 bits per heavy atom. The summed E-state index contributed by atoms with van der Waals surface area (Å²) in [5.41, 5.74) is 2.01. The fourth-order valence-corrected chi connectivity index (χ4v) is 3.57. The molecule has 1 fully saturated rings. The van der Waals surface area contributed by atoms with Crippen LogP contribution in [-0.2, 0) is 6.54 Å². The summed E-state index contributed by atoms with van der Waals surface area (Å²) in [7, 11) is 0. The average Bonchev–Trinajstić information content (AvgIpc) is 3.12. The third-order valence-electron chi connectivity index (χ3n) is 4.76. The Bertz CT molecular complexity index is 649. The number of likely N-dealkylation sites (tertiary alicyclic amines) is 1. The number of hydrogen-bond acceptors (Lipinski definition) is 2. The van der Waals surface area contributed by atoms with E-state index >= 15 is 0 Å². The van der Waals surface area contributed by atoms with Crippen molar-refractivity contribution in [1.29, 1.82) is 0 Å². The highest BCUT2D eigenvalue weighted by Gasteiger charge is 2.40. The molecule has 3 unspecified atom stereocenters. The third-order valence-corrected chi connectivity index (χ3v) is 4.76. The second-order valence-corrected chi connectivity index (χ2v) is 6.14. The highest BCUT2D eigenvalue weighted by atomic mass is 16.2. The van der Waals surface area contributed by atoms with Gasteiger partial charge in [-0.25, -0.2) is 0 Å². The fourth-order valence-electron chi connectivity index (χ4n) is 3.57. The van der Waals surface area contributed by atoms with Crippen molar-refractivity contribution < 1.29 is 4.79 Å². The molecule has 0 aliphatic carbocycles.